The van der Waals surface area contributed by atoms with Gasteiger partial charge in [-0.3, -0.25) is 0 Å². The molecule has 0 amide bonds. The SMILES string of the molecule is Cc1cc(C#CC2(O)CCCCC2)cc(=O)o1. The van der Waals surface area contributed by atoms with Gasteiger partial charge in [-0.05, 0) is 38.7 Å². The van der Waals surface area contributed by atoms with Crippen LogP contribution in [0.25, 0.3) is 0 Å². The van der Waals surface area contributed by atoms with Gasteiger partial charge in [-0.2, -0.15) is 0 Å². The summed E-state index contributed by atoms with van der Waals surface area (Å²) < 4.78 is 4.85. The Balaban J connectivity index is 2.22. The number of rotatable bonds is 0. The number of aliphatic hydroxyl groups is 1. The van der Waals surface area contributed by atoms with Crippen molar-refractivity contribution < 1.29 is 9.52 Å². The van der Waals surface area contributed by atoms with Crippen LogP contribution in [0.5, 0.6) is 0 Å². The molecule has 0 saturated heterocycles. The predicted octanol–water partition coefficient (Wildman–Crippen LogP) is 1.99. The number of aryl methyl sites for hydroxylation is 1. The van der Waals surface area contributed by atoms with E-state index in [-0.39, 0.29) is 0 Å². The summed E-state index contributed by atoms with van der Waals surface area (Å²) in [4.78, 5) is 11.1. The van der Waals surface area contributed by atoms with Gasteiger partial charge in [0.1, 0.15) is 11.4 Å². The van der Waals surface area contributed by atoms with Crippen LogP contribution in [-0.4, -0.2) is 10.7 Å². The van der Waals surface area contributed by atoms with E-state index in [1.165, 1.54) is 6.07 Å². The molecule has 1 fully saturated rings. The van der Waals surface area contributed by atoms with Gasteiger partial charge in [0.05, 0.1) is 0 Å². The van der Waals surface area contributed by atoms with Crippen molar-refractivity contribution in [3.8, 4) is 11.8 Å². The third kappa shape index (κ3) is 3.21. The minimum atomic E-state index is -0.873. The molecule has 1 heterocycles. The maximum atomic E-state index is 11.1. The Hall–Kier alpha value is -1.53. The molecular weight excluding hydrogens is 216 g/mol. The molecule has 0 atom stereocenters. The number of hydrogen-bond acceptors (Lipinski definition) is 3. The van der Waals surface area contributed by atoms with Gasteiger partial charge in [-0.15, -0.1) is 0 Å². The van der Waals surface area contributed by atoms with Crippen LogP contribution >= 0.6 is 0 Å². The monoisotopic (exact) mass is 232 g/mol. The van der Waals surface area contributed by atoms with E-state index >= 15 is 0 Å². The summed E-state index contributed by atoms with van der Waals surface area (Å²) in [7, 11) is 0. The molecule has 0 radical (unpaired) electrons. The maximum Gasteiger partial charge on any atom is 0.337 e. The zero-order valence-electron chi connectivity index (χ0n) is 9.95. The summed E-state index contributed by atoms with van der Waals surface area (Å²) in [5.74, 6) is 6.31. The van der Waals surface area contributed by atoms with Crippen molar-refractivity contribution in [2.24, 2.45) is 0 Å². The third-order valence-electron chi connectivity index (χ3n) is 3.01. The highest BCUT2D eigenvalue weighted by atomic mass is 16.4. The summed E-state index contributed by atoms with van der Waals surface area (Å²) in [6.45, 7) is 1.71. The highest BCUT2D eigenvalue weighted by molar-refractivity contribution is 5.35. The minimum absolute atomic E-state index is 0.398. The van der Waals surface area contributed by atoms with Crippen LogP contribution in [0.15, 0.2) is 21.3 Å². The molecule has 1 aliphatic rings. The predicted molar refractivity (Wildman–Crippen MR) is 64.6 cm³/mol. The summed E-state index contributed by atoms with van der Waals surface area (Å²) in [5.41, 5.74) is -0.662. The zero-order valence-corrected chi connectivity index (χ0v) is 9.95. The fourth-order valence-corrected chi connectivity index (χ4v) is 2.13. The zero-order chi connectivity index (χ0) is 12.3. The van der Waals surface area contributed by atoms with Gasteiger partial charge >= 0.3 is 5.63 Å². The van der Waals surface area contributed by atoms with Crippen LogP contribution in [0.3, 0.4) is 0 Å². The summed E-state index contributed by atoms with van der Waals surface area (Å²) in [5, 5.41) is 10.2. The molecule has 0 aliphatic heterocycles. The van der Waals surface area contributed by atoms with Crippen molar-refractivity contribution in [1.82, 2.24) is 0 Å². The second kappa shape index (κ2) is 4.77. The molecule has 17 heavy (non-hydrogen) atoms. The molecular formula is C14H16O3. The van der Waals surface area contributed by atoms with Gasteiger partial charge < -0.3 is 9.52 Å². The molecule has 1 aliphatic carbocycles. The van der Waals surface area contributed by atoms with Gasteiger partial charge in [0.15, 0.2) is 0 Å². The minimum Gasteiger partial charge on any atom is -0.428 e. The molecule has 1 aromatic heterocycles. The Labute approximate surface area is 100 Å². The first-order valence-corrected chi connectivity index (χ1v) is 5.95. The van der Waals surface area contributed by atoms with E-state index in [0.29, 0.717) is 11.3 Å². The first kappa shape index (κ1) is 11.9. The van der Waals surface area contributed by atoms with Crippen LogP contribution in [0.1, 0.15) is 43.4 Å². The van der Waals surface area contributed by atoms with Gasteiger partial charge in [-0.25, -0.2) is 4.79 Å². The van der Waals surface area contributed by atoms with Gasteiger partial charge in [0.25, 0.3) is 0 Å². The summed E-state index contributed by atoms with van der Waals surface area (Å²) in [6, 6.07) is 3.06. The standard InChI is InChI=1S/C14H16O3/c1-11-9-12(10-13(15)17-11)5-8-14(16)6-3-2-4-7-14/h9-10,16H,2-4,6-7H2,1H3. The van der Waals surface area contributed by atoms with Crippen molar-refractivity contribution in [2.45, 2.75) is 44.6 Å². The van der Waals surface area contributed by atoms with E-state index in [4.69, 9.17) is 4.42 Å². The first-order chi connectivity index (χ1) is 8.07. The van der Waals surface area contributed by atoms with Crippen LogP contribution in [0.2, 0.25) is 0 Å². The molecule has 1 N–H and O–H groups in total. The fraction of sp³-hybridized carbons (Fsp3) is 0.500. The van der Waals surface area contributed by atoms with E-state index in [1.807, 2.05) is 0 Å². The largest absolute Gasteiger partial charge is 0.428 e. The lowest BCUT2D eigenvalue weighted by Crippen LogP contribution is -2.29. The average molecular weight is 232 g/mol. The Kier molecular flexibility index (Phi) is 3.35. The normalized spacial score (nSPS) is 18.2. The highest BCUT2D eigenvalue weighted by Crippen LogP contribution is 2.27. The lowest BCUT2D eigenvalue weighted by molar-refractivity contribution is 0.0610. The van der Waals surface area contributed by atoms with Crippen LogP contribution < -0.4 is 5.63 Å². The Morgan fingerprint density at radius 2 is 2.00 bits per heavy atom. The van der Waals surface area contributed by atoms with E-state index in [1.54, 1.807) is 13.0 Å². The van der Waals surface area contributed by atoms with E-state index in [2.05, 4.69) is 11.8 Å². The molecule has 0 aromatic carbocycles. The Morgan fingerprint density at radius 1 is 1.29 bits per heavy atom. The van der Waals surface area contributed by atoms with Crippen molar-refractivity contribution in [1.29, 1.82) is 0 Å². The van der Waals surface area contributed by atoms with Crippen LogP contribution in [0.4, 0.5) is 0 Å². The maximum absolute atomic E-state index is 11.1. The Morgan fingerprint density at radius 3 is 2.65 bits per heavy atom. The summed E-state index contributed by atoms with van der Waals surface area (Å²) in [6.07, 6.45) is 4.64. The first-order valence-electron chi connectivity index (χ1n) is 5.95. The quantitative estimate of drug-likeness (QED) is 0.696. The van der Waals surface area contributed by atoms with Gasteiger partial charge in [0, 0.05) is 11.6 Å². The fourth-order valence-electron chi connectivity index (χ4n) is 2.13. The molecule has 0 unspecified atom stereocenters. The molecule has 0 spiro atoms. The van der Waals surface area contributed by atoms with E-state index < -0.39 is 11.2 Å². The van der Waals surface area contributed by atoms with E-state index in [0.717, 1.165) is 32.1 Å². The van der Waals surface area contributed by atoms with Crippen molar-refractivity contribution in [3.05, 3.63) is 33.9 Å². The lowest BCUT2D eigenvalue weighted by Gasteiger charge is -2.26. The van der Waals surface area contributed by atoms with Gasteiger partial charge in [-0.1, -0.05) is 18.3 Å². The number of hydrogen-bond donors (Lipinski definition) is 1. The second-order valence-corrected chi connectivity index (χ2v) is 4.62. The van der Waals surface area contributed by atoms with Gasteiger partial charge in [0.2, 0.25) is 0 Å². The molecule has 90 valence electrons. The molecule has 1 saturated carbocycles. The molecule has 3 nitrogen and oxygen atoms in total. The van der Waals surface area contributed by atoms with Crippen molar-refractivity contribution in [3.63, 3.8) is 0 Å². The molecule has 1 aromatic rings. The Bertz CT molecular complexity index is 510. The van der Waals surface area contributed by atoms with Crippen LogP contribution in [0, 0.1) is 18.8 Å². The van der Waals surface area contributed by atoms with E-state index in [9.17, 15) is 9.90 Å². The molecule has 0 bridgehead atoms. The topological polar surface area (TPSA) is 50.4 Å². The average Bonchev–Trinajstić information content (AvgIpc) is 2.26. The molecule has 2 rings (SSSR count). The highest BCUT2D eigenvalue weighted by Gasteiger charge is 2.26. The second-order valence-electron chi connectivity index (χ2n) is 4.62. The van der Waals surface area contributed by atoms with Crippen molar-refractivity contribution >= 4 is 0 Å². The third-order valence-corrected chi connectivity index (χ3v) is 3.01. The van der Waals surface area contributed by atoms with Crippen LogP contribution in [-0.2, 0) is 0 Å². The van der Waals surface area contributed by atoms with Crippen molar-refractivity contribution in [2.75, 3.05) is 0 Å². The summed E-state index contributed by atoms with van der Waals surface area (Å²) >= 11 is 0. The lowest BCUT2D eigenvalue weighted by atomic mass is 9.85. The molecule has 3 heteroatoms. The smallest absolute Gasteiger partial charge is 0.337 e.